The molecule has 2 aromatic rings. The first kappa shape index (κ1) is 16.0. The second-order valence-electron chi connectivity index (χ2n) is 5.36. The minimum atomic E-state index is -0.172. The van der Waals surface area contributed by atoms with E-state index in [2.05, 4.69) is 24.4 Å². The number of nitrogens with one attached hydrogen (secondary N) is 1. The minimum Gasteiger partial charge on any atom is -0.314 e. The van der Waals surface area contributed by atoms with Gasteiger partial charge in [0, 0.05) is 11.1 Å². The normalized spacial score (nSPS) is 12.4. The lowest BCUT2D eigenvalue weighted by Crippen LogP contribution is -2.33. The van der Waals surface area contributed by atoms with Crippen molar-refractivity contribution in [3.8, 4) is 0 Å². The van der Waals surface area contributed by atoms with Gasteiger partial charge in [0.05, 0.1) is 0 Å². The van der Waals surface area contributed by atoms with Crippen LogP contribution >= 0.6 is 11.6 Å². The molecule has 1 N–H and O–H groups in total. The number of hydrogen-bond acceptors (Lipinski definition) is 1. The first-order valence-electron chi connectivity index (χ1n) is 7.31. The van der Waals surface area contributed by atoms with Gasteiger partial charge in [0.2, 0.25) is 0 Å². The Balaban J connectivity index is 2.09. The molecule has 21 heavy (non-hydrogen) atoms. The summed E-state index contributed by atoms with van der Waals surface area (Å²) in [6.45, 7) is 4.98. The van der Waals surface area contributed by atoms with Crippen molar-refractivity contribution in [1.29, 1.82) is 0 Å². The van der Waals surface area contributed by atoms with Gasteiger partial charge in [-0.1, -0.05) is 36.7 Å². The standard InChI is InChI=1S/C18H21ClFN/c1-3-21-18(11-14-4-7-16(19)8-5-14)12-15-6-9-17(20)10-13(15)2/h4-10,18,21H,3,11-12H2,1-2H3. The summed E-state index contributed by atoms with van der Waals surface area (Å²) in [6.07, 6.45) is 1.82. The van der Waals surface area contributed by atoms with Gasteiger partial charge in [-0.25, -0.2) is 4.39 Å². The molecular weight excluding hydrogens is 285 g/mol. The first-order valence-corrected chi connectivity index (χ1v) is 7.69. The van der Waals surface area contributed by atoms with Gasteiger partial charge in [0.1, 0.15) is 5.82 Å². The molecule has 0 saturated carbocycles. The molecule has 1 nitrogen and oxygen atoms in total. The Morgan fingerprint density at radius 2 is 1.81 bits per heavy atom. The molecule has 2 rings (SSSR count). The van der Waals surface area contributed by atoms with E-state index in [0.29, 0.717) is 6.04 Å². The van der Waals surface area contributed by atoms with E-state index in [0.717, 1.165) is 30.0 Å². The summed E-state index contributed by atoms with van der Waals surface area (Å²) in [4.78, 5) is 0. The molecule has 0 aliphatic heterocycles. The van der Waals surface area contributed by atoms with Crippen molar-refractivity contribution in [2.75, 3.05) is 6.54 Å². The zero-order chi connectivity index (χ0) is 15.2. The maximum atomic E-state index is 13.2. The molecule has 0 heterocycles. The van der Waals surface area contributed by atoms with Gasteiger partial charge in [0.15, 0.2) is 0 Å². The maximum absolute atomic E-state index is 13.2. The molecule has 0 fully saturated rings. The van der Waals surface area contributed by atoms with Crippen LogP contribution in [-0.2, 0) is 12.8 Å². The smallest absolute Gasteiger partial charge is 0.123 e. The van der Waals surface area contributed by atoms with Gasteiger partial charge in [-0.15, -0.1) is 0 Å². The van der Waals surface area contributed by atoms with Crippen LogP contribution in [0.25, 0.3) is 0 Å². The molecule has 0 radical (unpaired) electrons. The highest BCUT2D eigenvalue weighted by atomic mass is 35.5. The highest BCUT2D eigenvalue weighted by Gasteiger charge is 2.11. The summed E-state index contributed by atoms with van der Waals surface area (Å²) in [6, 6.07) is 13.3. The van der Waals surface area contributed by atoms with Crippen LogP contribution in [0.15, 0.2) is 42.5 Å². The lowest BCUT2D eigenvalue weighted by atomic mass is 9.96. The number of likely N-dealkylation sites (N-methyl/N-ethyl adjacent to an activating group) is 1. The van der Waals surface area contributed by atoms with Crippen molar-refractivity contribution in [3.05, 3.63) is 70.0 Å². The zero-order valence-corrected chi connectivity index (χ0v) is 13.3. The molecule has 0 aliphatic rings. The molecule has 112 valence electrons. The third-order valence-corrected chi connectivity index (χ3v) is 3.91. The topological polar surface area (TPSA) is 12.0 Å². The Kier molecular flexibility index (Phi) is 5.77. The summed E-state index contributed by atoms with van der Waals surface area (Å²) in [5.41, 5.74) is 3.45. The van der Waals surface area contributed by atoms with Gasteiger partial charge < -0.3 is 5.32 Å². The first-order chi connectivity index (χ1) is 10.1. The number of benzene rings is 2. The number of aryl methyl sites for hydroxylation is 1. The molecule has 0 saturated heterocycles. The summed E-state index contributed by atoms with van der Waals surface area (Å²) in [5, 5.41) is 4.27. The molecule has 0 bridgehead atoms. The molecule has 2 aromatic carbocycles. The molecule has 0 aliphatic carbocycles. The predicted molar refractivity (Wildman–Crippen MR) is 87.5 cm³/mol. The Morgan fingerprint density at radius 1 is 1.10 bits per heavy atom. The number of halogens is 2. The number of hydrogen-bond donors (Lipinski definition) is 1. The average molecular weight is 306 g/mol. The van der Waals surface area contributed by atoms with Crippen LogP contribution in [0.2, 0.25) is 5.02 Å². The average Bonchev–Trinajstić information content (AvgIpc) is 2.44. The monoisotopic (exact) mass is 305 g/mol. The van der Waals surface area contributed by atoms with E-state index in [1.54, 1.807) is 6.07 Å². The Hall–Kier alpha value is -1.38. The van der Waals surface area contributed by atoms with E-state index in [9.17, 15) is 4.39 Å². The van der Waals surface area contributed by atoms with Gasteiger partial charge >= 0.3 is 0 Å². The Morgan fingerprint density at radius 3 is 2.43 bits per heavy atom. The minimum absolute atomic E-state index is 0.172. The third-order valence-electron chi connectivity index (χ3n) is 3.66. The summed E-state index contributed by atoms with van der Waals surface area (Å²) in [7, 11) is 0. The molecule has 0 aromatic heterocycles. The van der Waals surface area contributed by atoms with Crippen LogP contribution in [0.5, 0.6) is 0 Å². The van der Waals surface area contributed by atoms with Crippen LogP contribution < -0.4 is 5.32 Å². The fraction of sp³-hybridized carbons (Fsp3) is 0.333. The van der Waals surface area contributed by atoms with Crippen molar-refractivity contribution < 1.29 is 4.39 Å². The quantitative estimate of drug-likeness (QED) is 0.825. The highest BCUT2D eigenvalue weighted by Crippen LogP contribution is 2.16. The van der Waals surface area contributed by atoms with Crippen molar-refractivity contribution >= 4 is 11.6 Å². The second kappa shape index (κ2) is 7.58. The van der Waals surface area contributed by atoms with Crippen LogP contribution in [0.3, 0.4) is 0 Å². The van der Waals surface area contributed by atoms with E-state index in [4.69, 9.17) is 11.6 Å². The third kappa shape index (κ3) is 4.83. The SMILES string of the molecule is CCNC(Cc1ccc(Cl)cc1)Cc1ccc(F)cc1C. The zero-order valence-electron chi connectivity index (χ0n) is 12.5. The summed E-state index contributed by atoms with van der Waals surface area (Å²) >= 11 is 5.92. The van der Waals surface area contributed by atoms with E-state index in [1.807, 2.05) is 25.1 Å². The number of rotatable bonds is 6. The second-order valence-corrected chi connectivity index (χ2v) is 5.80. The van der Waals surface area contributed by atoms with E-state index < -0.39 is 0 Å². The lowest BCUT2D eigenvalue weighted by molar-refractivity contribution is 0.519. The van der Waals surface area contributed by atoms with Crippen LogP contribution in [-0.4, -0.2) is 12.6 Å². The molecule has 0 amide bonds. The largest absolute Gasteiger partial charge is 0.314 e. The Bertz CT molecular complexity index is 580. The van der Waals surface area contributed by atoms with E-state index >= 15 is 0 Å². The summed E-state index contributed by atoms with van der Waals surface area (Å²) < 4.78 is 13.2. The van der Waals surface area contributed by atoms with Gasteiger partial charge in [0.25, 0.3) is 0 Å². The molecule has 3 heteroatoms. The van der Waals surface area contributed by atoms with Gasteiger partial charge in [-0.2, -0.15) is 0 Å². The molecule has 1 atom stereocenters. The van der Waals surface area contributed by atoms with Crippen molar-refractivity contribution in [2.45, 2.75) is 32.7 Å². The van der Waals surface area contributed by atoms with Gasteiger partial charge in [-0.3, -0.25) is 0 Å². The van der Waals surface area contributed by atoms with E-state index in [-0.39, 0.29) is 5.82 Å². The predicted octanol–water partition coefficient (Wildman–Crippen LogP) is 4.55. The van der Waals surface area contributed by atoms with Crippen molar-refractivity contribution in [1.82, 2.24) is 5.32 Å². The fourth-order valence-electron chi connectivity index (χ4n) is 2.56. The summed E-state index contributed by atoms with van der Waals surface area (Å²) in [5.74, 6) is -0.172. The van der Waals surface area contributed by atoms with Crippen LogP contribution in [0.4, 0.5) is 4.39 Å². The van der Waals surface area contributed by atoms with Crippen LogP contribution in [0, 0.1) is 12.7 Å². The van der Waals surface area contributed by atoms with Crippen molar-refractivity contribution in [3.63, 3.8) is 0 Å². The molecule has 0 spiro atoms. The fourth-order valence-corrected chi connectivity index (χ4v) is 2.69. The highest BCUT2D eigenvalue weighted by molar-refractivity contribution is 6.30. The molecule has 1 unspecified atom stereocenters. The maximum Gasteiger partial charge on any atom is 0.123 e. The lowest BCUT2D eigenvalue weighted by Gasteiger charge is -2.19. The molecular formula is C18H21ClFN. The Labute approximate surface area is 131 Å². The van der Waals surface area contributed by atoms with Gasteiger partial charge in [-0.05, 0) is 67.3 Å². The van der Waals surface area contributed by atoms with Crippen LogP contribution in [0.1, 0.15) is 23.6 Å². The van der Waals surface area contributed by atoms with Crippen molar-refractivity contribution in [2.24, 2.45) is 0 Å². The van der Waals surface area contributed by atoms with E-state index in [1.165, 1.54) is 17.2 Å².